The maximum absolute atomic E-state index is 11.9. The molecule has 0 aliphatic heterocycles. The van der Waals surface area contributed by atoms with Crippen LogP contribution in [0.5, 0.6) is 0 Å². The summed E-state index contributed by atoms with van der Waals surface area (Å²) in [6.45, 7) is 23.8. The van der Waals surface area contributed by atoms with Gasteiger partial charge in [-0.2, -0.15) is 0 Å². The fourth-order valence-electron chi connectivity index (χ4n) is 7.35. The van der Waals surface area contributed by atoms with Gasteiger partial charge >= 0.3 is 5.97 Å². The maximum atomic E-state index is 11.9. The summed E-state index contributed by atoms with van der Waals surface area (Å²) in [7, 11) is -1.92. The summed E-state index contributed by atoms with van der Waals surface area (Å²) in [6.07, 6.45) is 18.2. The van der Waals surface area contributed by atoms with Gasteiger partial charge in [-0.25, -0.2) is 0 Å². The molecule has 0 bridgehead atoms. The van der Waals surface area contributed by atoms with Crippen LogP contribution in [-0.2, 0) is 14.0 Å². The first-order valence-electron chi connectivity index (χ1n) is 16.0. The molecule has 4 nitrogen and oxygen atoms in total. The van der Waals surface area contributed by atoms with E-state index in [1.807, 2.05) is 13.8 Å². The van der Waals surface area contributed by atoms with E-state index in [9.17, 15) is 9.90 Å². The zero-order chi connectivity index (χ0) is 30.1. The predicted molar refractivity (Wildman–Crippen MR) is 170 cm³/mol. The van der Waals surface area contributed by atoms with Gasteiger partial charge in [-0.15, -0.1) is 0 Å². The lowest BCUT2D eigenvalue weighted by molar-refractivity contribution is -0.148. The van der Waals surface area contributed by atoms with Crippen LogP contribution in [0, 0.1) is 29.1 Å². The molecule has 3 aliphatic rings. The normalized spacial score (nSPS) is 33.8. The van der Waals surface area contributed by atoms with Crippen molar-refractivity contribution in [2.45, 2.75) is 150 Å². The van der Waals surface area contributed by atoms with Gasteiger partial charge in [-0.3, -0.25) is 4.79 Å². The largest absolute Gasteiger partial charge is 0.462 e. The molecule has 0 aromatic heterocycles. The molecule has 228 valence electrons. The van der Waals surface area contributed by atoms with Crippen LogP contribution in [-0.4, -0.2) is 37.2 Å². The van der Waals surface area contributed by atoms with Gasteiger partial charge in [0.05, 0.1) is 11.7 Å². The fraction of sp³-hybridized carbons (Fsp3) is 0.800. The van der Waals surface area contributed by atoms with Crippen LogP contribution in [0.2, 0.25) is 18.1 Å². The Hall–Kier alpha value is -1.17. The molecule has 0 aromatic rings. The number of esters is 1. The van der Waals surface area contributed by atoms with Gasteiger partial charge in [-0.1, -0.05) is 77.0 Å². The summed E-state index contributed by atoms with van der Waals surface area (Å²) in [4.78, 5) is 11.9. The summed E-state index contributed by atoms with van der Waals surface area (Å²) in [5, 5.41) is 10.5. The topological polar surface area (TPSA) is 55.8 Å². The minimum atomic E-state index is -1.92. The van der Waals surface area contributed by atoms with Crippen LogP contribution in [0.25, 0.3) is 0 Å². The molecule has 5 heteroatoms. The van der Waals surface area contributed by atoms with Crippen LogP contribution >= 0.6 is 0 Å². The number of aliphatic hydroxyl groups is 1. The van der Waals surface area contributed by atoms with Crippen LogP contribution < -0.4 is 0 Å². The van der Waals surface area contributed by atoms with Crippen LogP contribution in [0.3, 0.4) is 0 Å². The second-order valence-electron chi connectivity index (χ2n) is 15.7. The minimum Gasteiger partial charge on any atom is -0.462 e. The molecule has 1 N–H and O–H groups in total. The van der Waals surface area contributed by atoms with Gasteiger partial charge in [0.15, 0.2) is 8.32 Å². The van der Waals surface area contributed by atoms with Gasteiger partial charge in [0.1, 0.15) is 6.10 Å². The van der Waals surface area contributed by atoms with Crippen molar-refractivity contribution in [1.82, 2.24) is 0 Å². The standard InChI is InChI=1S/C35H60O4Si/c1-24(14-15-25(2)34(7,8)37)31-18-19-32-28(13-12-20-35(31,32)9)17-16-27-21-29(38-26(3)36)23-30(22-27)39-40(10,11)33(4,5)6/h14-17,24-25,29-32,37H,12-13,18-23H2,1-11H3/b15-14+,27-16-,28-17+/t24-,25+,29-,30-,31-,32+,35-/m1/s1. The molecule has 3 saturated carbocycles. The van der Waals surface area contributed by atoms with Crippen molar-refractivity contribution in [1.29, 1.82) is 0 Å². The van der Waals surface area contributed by atoms with Crippen molar-refractivity contribution >= 4 is 14.3 Å². The molecule has 40 heavy (non-hydrogen) atoms. The average Bonchev–Trinajstić information content (AvgIpc) is 3.16. The van der Waals surface area contributed by atoms with Crippen molar-refractivity contribution in [3.05, 3.63) is 35.5 Å². The number of ether oxygens (including phenoxy) is 1. The van der Waals surface area contributed by atoms with E-state index >= 15 is 0 Å². The third kappa shape index (κ3) is 8.01. The summed E-state index contributed by atoms with van der Waals surface area (Å²) >= 11 is 0. The zero-order valence-corrected chi connectivity index (χ0v) is 28.6. The Morgan fingerprint density at radius 3 is 2.30 bits per heavy atom. The molecule has 3 fully saturated rings. The highest BCUT2D eigenvalue weighted by Crippen LogP contribution is 2.59. The predicted octanol–water partition coefficient (Wildman–Crippen LogP) is 9.16. The molecule has 0 unspecified atom stereocenters. The Kier molecular flexibility index (Phi) is 10.5. The summed E-state index contributed by atoms with van der Waals surface area (Å²) in [5.41, 5.74) is 2.61. The molecular weight excluding hydrogens is 512 g/mol. The second kappa shape index (κ2) is 12.6. The van der Waals surface area contributed by atoms with Crippen molar-refractivity contribution < 1.29 is 19.1 Å². The highest BCUT2D eigenvalue weighted by atomic mass is 28.4. The van der Waals surface area contributed by atoms with Gasteiger partial charge in [0.2, 0.25) is 0 Å². The SMILES string of the molecule is CC(=O)O[C@@H]1C/C(=C/C=C2\CCC[C@]3(C)[C@@H]([C@H](C)/C=C/[C@H](C)C(C)(C)O)CC[C@@H]23)C[C@@H](O[Si](C)(C)C(C)(C)C)C1. The monoisotopic (exact) mass is 572 g/mol. The highest BCUT2D eigenvalue weighted by molar-refractivity contribution is 6.74. The number of rotatable bonds is 8. The van der Waals surface area contributed by atoms with E-state index in [2.05, 4.69) is 78.9 Å². The van der Waals surface area contributed by atoms with Crippen molar-refractivity contribution in [2.75, 3.05) is 0 Å². The Morgan fingerprint density at radius 2 is 1.70 bits per heavy atom. The van der Waals surface area contributed by atoms with E-state index in [0.29, 0.717) is 23.2 Å². The molecular formula is C35H60O4Si. The Morgan fingerprint density at radius 1 is 1.05 bits per heavy atom. The second-order valence-corrected chi connectivity index (χ2v) is 20.5. The quantitative estimate of drug-likeness (QED) is 0.179. The van der Waals surface area contributed by atoms with Gasteiger partial charge in [-0.05, 0) is 93.7 Å². The molecule has 0 spiro atoms. The average molecular weight is 573 g/mol. The molecule has 3 aliphatic carbocycles. The maximum Gasteiger partial charge on any atom is 0.302 e. The minimum absolute atomic E-state index is 0.0999. The molecule has 3 rings (SSSR count). The molecule has 7 atom stereocenters. The third-order valence-corrected chi connectivity index (χ3v) is 15.7. The molecule has 0 saturated heterocycles. The van der Waals surface area contributed by atoms with E-state index in [0.717, 1.165) is 19.3 Å². The zero-order valence-electron chi connectivity index (χ0n) is 27.6. The van der Waals surface area contributed by atoms with Crippen molar-refractivity contribution in [2.24, 2.45) is 29.1 Å². The summed E-state index contributed by atoms with van der Waals surface area (Å²) in [5.74, 6) is 1.76. The van der Waals surface area contributed by atoms with Gasteiger partial charge < -0.3 is 14.3 Å². The number of hydrogen-bond donors (Lipinski definition) is 1. The number of carbonyl (C=O) groups is 1. The first kappa shape index (κ1) is 33.3. The number of hydrogen-bond acceptors (Lipinski definition) is 4. The molecule has 0 amide bonds. The van der Waals surface area contributed by atoms with Crippen LogP contribution in [0.4, 0.5) is 0 Å². The summed E-state index contributed by atoms with van der Waals surface area (Å²) < 4.78 is 12.6. The molecule has 0 aromatic carbocycles. The number of carbonyl (C=O) groups excluding carboxylic acids is 1. The van der Waals surface area contributed by atoms with Crippen molar-refractivity contribution in [3.63, 3.8) is 0 Å². The van der Waals surface area contributed by atoms with Gasteiger partial charge in [0, 0.05) is 25.7 Å². The van der Waals surface area contributed by atoms with E-state index < -0.39 is 13.9 Å². The lowest BCUT2D eigenvalue weighted by atomic mass is 9.61. The molecule has 0 radical (unpaired) electrons. The van der Waals surface area contributed by atoms with Gasteiger partial charge in [0.25, 0.3) is 0 Å². The Labute approximate surface area is 247 Å². The van der Waals surface area contributed by atoms with Crippen LogP contribution in [0.1, 0.15) is 114 Å². The smallest absolute Gasteiger partial charge is 0.302 e. The summed E-state index contributed by atoms with van der Waals surface area (Å²) in [6, 6.07) is 0. The van der Waals surface area contributed by atoms with Crippen molar-refractivity contribution in [3.8, 4) is 0 Å². The molecule has 0 heterocycles. The first-order chi connectivity index (χ1) is 18.3. The lowest BCUT2D eigenvalue weighted by Crippen LogP contribution is -2.46. The third-order valence-electron chi connectivity index (χ3n) is 11.1. The van der Waals surface area contributed by atoms with E-state index in [-0.39, 0.29) is 29.1 Å². The van der Waals surface area contributed by atoms with E-state index in [1.165, 1.54) is 44.6 Å². The lowest BCUT2D eigenvalue weighted by Gasteiger charge is -2.44. The number of fused-ring (bicyclic) bond motifs is 1. The van der Waals surface area contributed by atoms with E-state index in [4.69, 9.17) is 9.16 Å². The Balaban J connectivity index is 1.78. The Bertz CT molecular complexity index is 978. The first-order valence-corrected chi connectivity index (χ1v) is 18.9. The van der Waals surface area contributed by atoms with Crippen LogP contribution in [0.15, 0.2) is 35.5 Å². The van der Waals surface area contributed by atoms with E-state index in [1.54, 1.807) is 5.57 Å². The highest BCUT2D eigenvalue weighted by Gasteiger charge is 2.50. The fourth-order valence-corrected chi connectivity index (χ4v) is 8.72. The number of allylic oxidation sites excluding steroid dienone is 4.